The highest BCUT2D eigenvalue weighted by Crippen LogP contribution is 2.12. The number of nitrogens with one attached hydrogen (secondary N) is 1. The maximum absolute atomic E-state index is 5.94. The second kappa shape index (κ2) is 7.45. The molecule has 0 bridgehead atoms. The summed E-state index contributed by atoms with van der Waals surface area (Å²) in [5.41, 5.74) is 10.3. The number of guanidine groups is 1. The number of ether oxygens (including phenoxy) is 1. The quantitative estimate of drug-likeness (QED) is 0.655. The summed E-state index contributed by atoms with van der Waals surface area (Å²) in [5, 5.41) is 3.10. The minimum Gasteiger partial charge on any atom is -0.380 e. The van der Waals surface area contributed by atoms with Crippen LogP contribution >= 0.6 is 0 Å². The van der Waals surface area contributed by atoms with E-state index in [4.69, 9.17) is 10.5 Å². The minimum absolute atomic E-state index is 0.410. The first-order valence-corrected chi connectivity index (χ1v) is 6.88. The normalized spacial score (nSPS) is 11.4. The summed E-state index contributed by atoms with van der Waals surface area (Å²) < 4.78 is 5.19. The van der Waals surface area contributed by atoms with E-state index in [1.165, 1.54) is 5.56 Å². The maximum Gasteiger partial charge on any atom is 0.193 e. The molecule has 3 N–H and O–H groups in total. The molecule has 0 aliphatic rings. The molecule has 0 spiro atoms. The molecule has 0 unspecified atom stereocenters. The van der Waals surface area contributed by atoms with Crippen LogP contribution in [0.25, 0.3) is 0 Å². The molecule has 110 valence electrons. The van der Waals surface area contributed by atoms with Gasteiger partial charge in [0.2, 0.25) is 0 Å². The summed E-state index contributed by atoms with van der Waals surface area (Å²) >= 11 is 0. The third-order valence-corrected chi connectivity index (χ3v) is 3.13. The summed E-state index contributed by atoms with van der Waals surface area (Å²) in [6.45, 7) is 3.15. The van der Waals surface area contributed by atoms with Crippen LogP contribution in [-0.2, 0) is 17.9 Å². The predicted molar refractivity (Wildman–Crippen MR) is 87.3 cm³/mol. The monoisotopic (exact) mass is 283 g/mol. The van der Waals surface area contributed by atoms with E-state index in [2.05, 4.69) is 10.3 Å². The molecule has 0 saturated carbocycles. The zero-order valence-electron chi connectivity index (χ0n) is 12.5. The van der Waals surface area contributed by atoms with Gasteiger partial charge in [-0.3, -0.25) is 0 Å². The van der Waals surface area contributed by atoms with Crippen LogP contribution in [0.4, 0.5) is 5.69 Å². The molecule has 2 rings (SSSR count). The van der Waals surface area contributed by atoms with Crippen molar-refractivity contribution in [2.24, 2.45) is 10.7 Å². The van der Waals surface area contributed by atoms with Crippen molar-refractivity contribution >= 4 is 11.6 Å². The largest absolute Gasteiger partial charge is 0.380 e. The van der Waals surface area contributed by atoms with E-state index in [1.807, 2.05) is 55.5 Å². The fourth-order valence-electron chi connectivity index (χ4n) is 2.09. The molecule has 0 heterocycles. The fourth-order valence-corrected chi connectivity index (χ4v) is 2.09. The van der Waals surface area contributed by atoms with Crippen molar-refractivity contribution in [2.45, 2.75) is 20.1 Å². The van der Waals surface area contributed by atoms with Crippen LogP contribution in [0.15, 0.2) is 53.5 Å². The van der Waals surface area contributed by atoms with Crippen LogP contribution < -0.4 is 11.1 Å². The van der Waals surface area contributed by atoms with Gasteiger partial charge in [0, 0.05) is 12.8 Å². The lowest BCUT2D eigenvalue weighted by Gasteiger charge is -2.08. The van der Waals surface area contributed by atoms with Crippen molar-refractivity contribution in [3.8, 4) is 0 Å². The molecule has 0 aliphatic carbocycles. The number of hydrogen-bond acceptors (Lipinski definition) is 2. The molecular formula is C17H21N3O. The van der Waals surface area contributed by atoms with Crippen LogP contribution in [0.2, 0.25) is 0 Å². The standard InChI is InChI=1S/C17H21N3O/c1-13-6-5-9-16(10-13)20-17(18)19-11-14-7-3-4-8-15(14)12-21-2/h3-10H,11-12H2,1-2H3,(H3,18,19,20). The number of nitrogens with zero attached hydrogens (tertiary/aromatic N) is 1. The lowest BCUT2D eigenvalue weighted by Crippen LogP contribution is -2.22. The van der Waals surface area contributed by atoms with Gasteiger partial charge < -0.3 is 15.8 Å². The van der Waals surface area contributed by atoms with E-state index in [-0.39, 0.29) is 0 Å². The van der Waals surface area contributed by atoms with Gasteiger partial charge in [0.15, 0.2) is 5.96 Å². The van der Waals surface area contributed by atoms with E-state index in [0.29, 0.717) is 19.1 Å². The molecular weight excluding hydrogens is 262 g/mol. The molecule has 0 atom stereocenters. The van der Waals surface area contributed by atoms with Gasteiger partial charge in [0.05, 0.1) is 13.2 Å². The van der Waals surface area contributed by atoms with Crippen molar-refractivity contribution in [3.63, 3.8) is 0 Å². The third kappa shape index (κ3) is 4.61. The highest BCUT2D eigenvalue weighted by atomic mass is 16.5. The van der Waals surface area contributed by atoms with Gasteiger partial charge in [-0.05, 0) is 35.7 Å². The van der Waals surface area contributed by atoms with E-state index < -0.39 is 0 Å². The summed E-state index contributed by atoms with van der Waals surface area (Å²) in [5.74, 6) is 0.410. The second-order valence-corrected chi connectivity index (χ2v) is 4.90. The lowest BCUT2D eigenvalue weighted by atomic mass is 10.1. The molecule has 0 aromatic heterocycles. The predicted octanol–water partition coefficient (Wildman–Crippen LogP) is 3.07. The van der Waals surface area contributed by atoms with E-state index in [1.54, 1.807) is 7.11 Å². The average molecular weight is 283 g/mol. The van der Waals surface area contributed by atoms with Crippen LogP contribution in [0.3, 0.4) is 0 Å². The lowest BCUT2D eigenvalue weighted by molar-refractivity contribution is 0.184. The molecule has 0 amide bonds. The van der Waals surface area contributed by atoms with Crippen molar-refractivity contribution in [1.82, 2.24) is 0 Å². The van der Waals surface area contributed by atoms with Crippen molar-refractivity contribution in [3.05, 3.63) is 65.2 Å². The highest BCUT2D eigenvalue weighted by Gasteiger charge is 2.01. The average Bonchev–Trinajstić information content (AvgIpc) is 2.47. The van der Waals surface area contributed by atoms with Crippen LogP contribution in [0, 0.1) is 6.92 Å². The maximum atomic E-state index is 5.94. The van der Waals surface area contributed by atoms with Gasteiger partial charge in [-0.1, -0.05) is 36.4 Å². The summed E-state index contributed by atoms with van der Waals surface area (Å²) in [7, 11) is 1.69. The molecule has 4 nitrogen and oxygen atoms in total. The summed E-state index contributed by atoms with van der Waals surface area (Å²) in [4.78, 5) is 4.39. The number of aliphatic imine (C=N–C) groups is 1. The number of rotatable bonds is 5. The van der Waals surface area contributed by atoms with Gasteiger partial charge in [-0.15, -0.1) is 0 Å². The molecule has 2 aromatic carbocycles. The second-order valence-electron chi connectivity index (χ2n) is 4.90. The molecule has 0 fully saturated rings. The Morgan fingerprint density at radius 2 is 1.90 bits per heavy atom. The Hall–Kier alpha value is -2.33. The SMILES string of the molecule is COCc1ccccc1CN=C(N)Nc1cccc(C)c1. The van der Waals surface area contributed by atoms with Gasteiger partial charge in [0.25, 0.3) is 0 Å². The zero-order valence-corrected chi connectivity index (χ0v) is 12.5. The number of aryl methyl sites for hydroxylation is 1. The van der Waals surface area contributed by atoms with Gasteiger partial charge >= 0.3 is 0 Å². The number of benzene rings is 2. The highest BCUT2D eigenvalue weighted by molar-refractivity contribution is 5.92. The van der Waals surface area contributed by atoms with Gasteiger partial charge in [-0.25, -0.2) is 4.99 Å². The van der Waals surface area contributed by atoms with E-state index in [9.17, 15) is 0 Å². The Labute approximate surface area is 125 Å². The Morgan fingerprint density at radius 1 is 1.14 bits per heavy atom. The first-order valence-electron chi connectivity index (χ1n) is 6.88. The Kier molecular flexibility index (Phi) is 5.35. The van der Waals surface area contributed by atoms with Gasteiger partial charge in [-0.2, -0.15) is 0 Å². The Morgan fingerprint density at radius 3 is 2.62 bits per heavy atom. The fraction of sp³-hybridized carbons (Fsp3) is 0.235. The van der Waals surface area contributed by atoms with Gasteiger partial charge in [0.1, 0.15) is 0 Å². The molecule has 0 radical (unpaired) electrons. The molecule has 21 heavy (non-hydrogen) atoms. The Balaban J connectivity index is 2.03. The van der Waals surface area contributed by atoms with E-state index >= 15 is 0 Å². The van der Waals surface area contributed by atoms with Crippen molar-refractivity contribution < 1.29 is 4.74 Å². The number of nitrogens with two attached hydrogens (primary N) is 1. The minimum atomic E-state index is 0.410. The van der Waals surface area contributed by atoms with Crippen LogP contribution in [0.5, 0.6) is 0 Å². The molecule has 0 saturated heterocycles. The number of anilines is 1. The van der Waals surface area contributed by atoms with E-state index in [0.717, 1.165) is 16.8 Å². The third-order valence-electron chi connectivity index (χ3n) is 3.13. The van der Waals surface area contributed by atoms with Crippen molar-refractivity contribution in [2.75, 3.05) is 12.4 Å². The first-order chi connectivity index (χ1) is 10.2. The zero-order chi connectivity index (χ0) is 15.1. The summed E-state index contributed by atoms with van der Waals surface area (Å²) in [6, 6.07) is 16.1. The smallest absolute Gasteiger partial charge is 0.193 e. The number of methoxy groups -OCH3 is 1. The summed E-state index contributed by atoms with van der Waals surface area (Å²) in [6.07, 6.45) is 0. The van der Waals surface area contributed by atoms with Crippen molar-refractivity contribution in [1.29, 1.82) is 0 Å². The topological polar surface area (TPSA) is 59.6 Å². The first kappa shape index (κ1) is 15.1. The molecule has 0 aliphatic heterocycles. The van der Waals surface area contributed by atoms with Crippen LogP contribution in [0.1, 0.15) is 16.7 Å². The van der Waals surface area contributed by atoms with Crippen LogP contribution in [-0.4, -0.2) is 13.1 Å². The molecule has 4 heteroatoms. The Bertz CT molecular complexity index is 623. The number of hydrogen-bond donors (Lipinski definition) is 2. The molecule has 2 aromatic rings.